The first-order valence-corrected chi connectivity index (χ1v) is 10.4. The highest BCUT2D eigenvalue weighted by Crippen LogP contribution is 2.35. The van der Waals surface area contributed by atoms with Gasteiger partial charge in [0.2, 0.25) is 0 Å². The summed E-state index contributed by atoms with van der Waals surface area (Å²) < 4.78 is 11.3. The van der Waals surface area contributed by atoms with Gasteiger partial charge in [0.05, 0.1) is 16.8 Å². The highest BCUT2D eigenvalue weighted by molar-refractivity contribution is 6.07. The van der Waals surface area contributed by atoms with Crippen LogP contribution in [0.15, 0.2) is 48.5 Å². The predicted molar refractivity (Wildman–Crippen MR) is 114 cm³/mol. The molecule has 0 bridgehead atoms. The van der Waals surface area contributed by atoms with E-state index in [0.29, 0.717) is 37.6 Å². The zero-order valence-electron chi connectivity index (χ0n) is 16.7. The van der Waals surface area contributed by atoms with E-state index in [1.165, 1.54) is 0 Å². The summed E-state index contributed by atoms with van der Waals surface area (Å²) in [6.07, 6.45) is 1.87. The van der Waals surface area contributed by atoms with Crippen molar-refractivity contribution >= 4 is 16.8 Å². The predicted octanol–water partition coefficient (Wildman–Crippen LogP) is 3.52. The van der Waals surface area contributed by atoms with Gasteiger partial charge >= 0.3 is 0 Å². The lowest BCUT2D eigenvalue weighted by molar-refractivity contribution is 0.0622. The van der Waals surface area contributed by atoms with Gasteiger partial charge in [0.1, 0.15) is 13.2 Å². The Morgan fingerprint density at radius 3 is 2.80 bits per heavy atom. The van der Waals surface area contributed by atoms with Crippen LogP contribution in [0.2, 0.25) is 0 Å². The zero-order valence-corrected chi connectivity index (χ0v) is 16.7. The fourth-order valence-electron chi connectivity index (χ4n) is 4.27. The quantitative estimate of drug-likeness (QED) is 0.723. The second kappa shape index (κ2) is 7.95. The summed E-state index contributed by atoms with van der Waals surface area (Å²) >= 11 is 0. The molecule has 2 aromatic carbocycles. The van der Waals surface area contributed by atoms with E-state index in [-0.39, 0.29) is 18.4 Å². The number of likely N-dealkylation sites (tertiary alicyclic amines) is 1. The average Bonchev–Trinajstić information content (AvgIpc) is 2.82. The first-order valence-electron chi connectivity index (χ1n) is 10.4. The van der Waals surface area contributed by atoms with Crippen molar-refractivity contribution in [2.45, 2.75) is 12.8 Å². The first-order chi connectivity index (χ1) is 14.7. The number of rotatable bonds is 3. The molecular weight excluding hydrogens is 380 g/mol. The van der Waals surface area contributed by atoms with Gasteiger partial charge in [-0.2, -0.15) is 0 Å². The fraction of sp³-hybridized carbons (Fsp3) is 0.333. The SMILES string of the molecule is O=C(c1cc(-c2ccc3c(c2)OCCO3)nc2ccccc12)N1CCCC(CO)C1. The molecule has 0 aliphatic carbocycles. The lowest BCUT2D eigenvalue weighted by Crippen LogP contribution is -2.41. The second-order valence-corrected chi connectivity index (χ2v) is 7.87. The molecule has 1 saturated heterocycles. The number of aliphatic hydroxyl groups excluding tert-OH is 1. The third-order valence-corrected chi connectivity index (χ3v) is 5.85. The van der Waals surface area contributed by atoms with Crippen LogP contribution in [0, 0.1) is 5.92 Å². The summed E-state index contributed by atoms with van der Waals surface area (Å²) in [6.45, 7) is 2.48. The van der Waals surface area contributed by atoms with Gasteiger partial charge in [0.25, 0.3) is 5.91 Å². The van der Waals surface area contributed by atoms with Crippen molar-refractivity contribution in [3.63, 3.8) is 0 Å². The van der Waals surface area contributed by atoms with Crippen molar-refractivity contribution in [1.82, 2.24) is 9.88 Å². The Labute approximate surface area is 175 Å². The second-order valence-electron chi connectivity index (χ2n) is 7.87. The molecule has 0 radical (unpaired) electrons. The van der Waals surface area contributed by atoms with Crippen molar-refractivity contribution < 1.29 is 19.4 Å². The zero-order chi connectivity index (χ0) is 20.5. The number of fused-ring (bicyclic) bond motifs is 2. The maximum atomic E-state index is 13.5. The van der Waals surface area contributed by atoms with E-state index >= 15 is 0 Å². The Morgan fingerprint density at radius 1 is 1.10 bits per heavy atom. The summed E-state index contributed by atoms with van der Waals surface area (Å²) in [6, 6.07) is 15.4. The van der Waals surface area contributed by atoms with Gasteiger partial charge in [-0.25, -0.2) is 4.98 Å². The van der Waals surface area contributed by atoms with E-state index in [1.807, 2.05) is 53.4 Å². The third kappa shape index (κ3) is 3.48. The first kappa shape index (κ1) is 18.9. The topological polar surface area (TPSA) is 71.9 Å². The minimum atomic E-state index is -0.00876. The van der Waals surface area contributed by atoms with E-state index in [2.05, 4.69) is 0 Å². The number of aliphatic hydroxyl groups is 1. The maximum Gasteiger partial charge on any atom is 0.254 e. The van der Waals surface area contributed by atoms with Crippen LogP contribution >= 0.6 is 0 Å². The molecule has 3 aromatic rings. The van der Waals surface area contributed by atoms with Crippen LogP contribution in [0.4, 0.5) is 0 Å². The van der Waals surface area contributed by atoms with E-state index < -0.39 is 0 Å². The summed E-state index contributed by atoms with van der Waals surface area (Å²) in [5.41, 5.74) is 3.03. The van der Waals surface area contributed by atoms with Crippen molar-refractivity contribution in [2.75, 3.05) is 32.9 Å². The number of ether oxygens (including phenoxy) is 2. The molecule has 3 heterocycles. The molecule has 2 aliphatic rings. The number of hydrogen-bond donors (Lipinski definition) is 1. The van der Waals surface area contributed by atoms with Gasteiger partial charge < -0.3 is 19.5 Å². The monoisotopic (exact) mass is 404 g/mol. The van der Waals surface area contributed by atoms with Crippen LogP contribution in [0.3, 0.4) is 0 Å². The number of benzene rings is 2. The molecule has 1 atom stereocenters. The largest absolute Gasteiger partial charge is 0.486 e. The number of hydrogen-bond acceptors (Lipinski definition) is 5. The Kier molecular flexibility index (Phi) is 5.01. The smallest absolute Gasteiger partial charge is 0.254 e. The van der Waals surface area contributed by atoms with Gasteiger partial charge in [-0.15, -0.1) is 0 Å². The van der Waals surface area contributed by atoms with E-state index in [1.54, 1.807) is 0 Å². The number of carbonyl (C=O) groups is 1. The third-order valence-electron chi connectivity index (χ3n) is 5.85. The van der Waals surface area contributed by atoms with Crippen molar-refractivity contribution in [3.8, 4) is 22.8 Å². The van der Waals surface area contributed by atoms with Gasteiger partial charge in [0, 0.05) is 30.6 Å². The molecule has 1 aromatic heterocycles. The molecule has 6 heteroatoms. The standard InChI is InChI=1S/C24H24N2O4/c27-15-16-4-3-9-26(14-16)24(28)19-13-21(25-20-6-2-1-5-18(19)20)17-7-8-22-23(12-17)30-11-10-29-22/h1-2,5-8,12-13,16,27H,3-4,9-11,14-15H2. The number of piperidine rings is 1. The van der Waals surface area contributed by atoms with E-state index in [9.17, 15) is 9.90 Å². The van der Waals surface area contributed by atoms with Gasteiger partial charge in [0.15, 0.2) is 11.5 Å². The Hall–Kier alpha value is -3.12. The lowest BCUT2D eigenvalue weighted by atomic mass is 9.97. The molecule has 0 spiro atoms. The number of pyridine rings is 1. The van der Waals surface area contributed by atoms with Crippen LogP contribution in [-0.4, -0.2) is 53.8 Å². The summed E-state index contributed by atoms with van der Waals surface area (Å²) in [5.74, 6) is 1.56. The molecule has 154 valence electrons. The average molecular weight is 404 g/mol. The van der Waals surface area contributed by atoms with Gasteiger partial charge in [-0.05, 0) is 49.1 Å². The van der Waals surface area contributed by atoms with Crippen LogP contribution in [0.1, 0.15) is 23.2 Å². The molecule has 1 unspecified atom stereocenters. The number of aromatic nitrogens is 1. The molecule has 1 fully saturated rings. The van der Waals surface area contributed by atoms with Gasteiger partial charge in [-0.1, -0.05) is 18.2 Å². The fourth-order valence-corrected chi connectivity index (χ4v) is 4.27. The summed E-state index contributed by atoms with van der Waals surface area (Å²) in [4.78, 5) is 20.1. The molecule has 6 nitrogen and oxygen atoms in total. The van der Waals surface area contributed by atoms with Crippen LogP contribution in [0.5, 0.6) is 11.5 Å². The minimum Gasteiger partial charge on any atom is -0.486 e. The Bertz CT molecular complexity index is 1100. The van der Waals surface area contributed by atoms with Crippen molar-refractivity contribution in [3.05, 3.63) is 54.1 Å². The molecule has 1 amide bonds. The van der Waals surface area contributed by atoms with E-state index in [4.69, 9.17) is 14.5 Å². The Morgan fingerprint density at radius 2 is 1.93 bits per heavy atom. The summed E-state index contributed by atoms with van der Waals surface area (Å²) in [7, 11) is 0. The molecule has 2 aliphatic heterocycles. The van der Waals surface area contributed by atoms with Crippen LogP contribution < -0.4 is 9.47 Å². The molecule has 0 saturated carbocycles. The number of nitrogens with zero attached hydrogens (tertiary/aromatic N) is 2. The molecule has 1 N–H and O–H groups in total. The Balaban J connectivity index is 1.57. The van der Waals surface area contributed by atoms with E-state index in [0.717, 1.165) is 40.8 Å². The molecule has 30 heavy (non-hydrogen) atoms. The number of carbonyl (C=O) groups excluding carboxylic acids is 1. The molecular formula is C24H24N2O4. The van der Waals surface area contributed by atoms with Crippen LogP contribution in [-0.2, 0) is 0 Å². The maximum absolute atomic E-state index is 13.5. The van der Waals surface area contributed by atoms with Crippen molar-refractivity contribution in [1.29, 1.82) is 0 Å². The number of amides is 1. The minimum absolute atomic E-state index is 0.00876. The van der Waals surface area contributed by atoms with Crippen molar-refractivity contribution in [2.24, 2.45) is 5.92 Å². The highest BCUT2D eigenvalue weighted by Gasteiger charge is 2.26. The van der Waals surface area contributed by atoms with Crippen LogP contribution in [0.25, 0.3) is 22.2 Å². The van der Waals surface area contributed by atoms with Gasteiger partial charge in [-0.3, -0.25) is 4.79 Å². The highest BCUT2D eigenvalue weighted by atomic mass is 16.6. The lowest BCUT2D eigenvalue weighted by Gasteiger charge is -2.32. The molecule has 5 rings (SSSR count). The summed E-state index contributed by atoms with van der Waals surface area (Å²) in [5, 5.41) is 10.4. The number of para-hydroxylation sites is 1. The normalized spacial score (nSPS) is 18.4.